The quantitative estimate of drug-likeness (QED) is 0.641. The molecule has 3 heterocycles. The van der Waals surface area contributed by atoms with Crippen LogP contribution in [-0.4, -0.2) is 86.1 Å². The predicted octanol–water partition coefficient (Wildman–Crippen LogP) is -0.388. The van der Waals surface area contributed by atoms with Crippen LogP contribution in [0.4, 0.5) is 0 Å². The molecule has 0 aromatic heterocycles. The van der Waals surface area contributed by atoms with Crippen molar-refractivity contribution < 1.29 is 23.9 Å². The van der Waals surface area contributed by atoms with E-state index in [4.69, 9.17) is 15.2 Å². The average Bonchev–Trinajstić information content (AvgIpc) is 2.89. The zero-order valence-corrected chi connectivity index (χ0v) is 17.4. The van der Waals surface area contributed by atoms with Gasteiger partial charge < -0.3 is 30.3 Å². The highest BCUT2D eigenvalue weighted by Crippen LogP contribution is 2.36. The molecule has 2 saturated heterocycles. The zero-order chi connectivity index (χ0) is 21.0. The van der Waals surface area contributed by atoms with Gasteiger partial charge in [-0.1, -0.05) is 0 Å². The molecule has 29 heavy (non-hydrogen) atoms. The normalized spacial score (nSPS) is 26.3. The lowest BCUT2D eigenvalue weighted by Gasteiger charge is -2.33. The average molecular weight is 408 g/mol. The predicted molar refractivity (Wildman–Crippen MR) is 106 cm³/mol. The van der Waals surface area contributed by atoms with Gasteiger partial charge in [-0.05, 0) is 32.9 Å². The van der Waals surface area contributed by atoms with Crippen LogP contribution in [-0.2, 0) is 23.9 Å². The van der Waals surface area contributed by atoms with E-state index in [1.807, 2.05) is 0 Å². The summed E-state index contributed by atoms with van der Waals surface area (Å²) in [6.07, 6.45) is 2.35. The van der Waals surface area contributed by atoms with E-state index in [0.717, 1.165) is 25.9 Å². The number of likely N-dealkylation sites (N-methyl/N-ethyl adjacent to an activating group) is 1. The number of nitrogens with one attached hydrogen (secondary N) is 1. The van der Waals surface area contributed by atoms with Gasteiger partial charge in [-0.2, -0.15) is 0 Å². The second-order valence-electron chi connectivity index (χ2n) is 8.21. The third kappa shape index (κ3) is 5.08. The second-order valence-corrected chi connectivity index (χ2v) is 8.21. The summed E-state index contributed by atoms with van der Waals surface area (Å²) in [5, 5.41) is 2.64. The van der Waals surface area contributed by atoms with Gasteiger partial charge in [-0.15, -0.1) is 0 Å². The van der Waals surface area contributed by atoms with E-state index >= 15 is 0 Å². The molecule has 3 amide bonds. The van der Waals surface area contributed by atoms with Crippen LogP contribution in [0.15, 0.2) is 11.3 Å². The van der Waals surface area contributed by atoms with Crippen LogP contribution in [0.25, 0.3) is 0 Å². The molecule has 9 heteroatoms. The van der Waals surface area contributed by atoms with Crippen molar-refractivity contribution in [1.82, 2.24) is 15.1 Å². The Morgan fingerprint density at radius 1 is 1.24 bits per heavy atom. The molecule has 0 bridgehead atoms. The zero-order valence-electron chi connectivity index (χ0n) is 17.4. The first kappa shape index (κ1) is 21.6. The van der Waals surface area contributed by atoms with Gasteiger partial charge in [0, 0.05) is 38.9 Å². The van der Waals surface area contributed by atoms with Gasteiger partial charge in [-0.25, -0.2) is 0 Å². The summed E-state index contributed by atoms with van der Waals surface area (Å²) >= 11 is 0. The lowest BCUT2D eigenvalue weighted by atomic mass is 9.95. The summed E-state index contributed by atoms with van der Waals surface area (Å²) < 4.78 is 11.8. The molecule has 3 rings (SSSR count). The molecule has 0 aliphatic carbocycles. The summed E-state index contributed by atoms with van der Waals surface area (Å²) in [6.45, 7) is 5.76. The van der Waals surface area contributed by atoms with E-state index in [-0.39, 0.29) is 23.6 Å². The van der Waals surface area contributed by atoms with Crippen LogP contribution >= 0.6 is 0 Å². The fourth-order valence-electron chi connectivity index (χ4n) is 4.40. The number of nitrogens with zero attached hydrogens (tertiary/aromatic N) is 2. The van der Waals surface area contributed by atoms with Crippen molar-refractivity contribution in [2.75, 3.05) is 53.0 Å². The molecule has 0 radical (unpaired) electrons. The standard InChI is InChI=1S/C20H32N4O5/c1-14-16(19(27)22-2)11-20(29-14)12-24(9-10-28-13-20)17(25)5-8-23-6-3-15(4-7-23)18(21)26/h15H,3-13H2,1-2H3,(H2,21,26)(H,22,27)/t20-/m1/s1. The largest absolute Gasteiger partial charge is 0.487 e. The Morgan fingerprint density at radius 2 is 1.97 bits per heavy atom. The van der Waals surface area contributed by atoms with E-state index in [9.17, 15) is 14.4 Å². The van der Waals surface area contributed by atoms with Gasteiger partial charge in [0.1, 0.15) is 5.76 Å². The molecule has 0 aromatic rings. The van der Waals surface area contributed by atoms with Crippen LogP contribution in [0.3, 0.4) is 0 Å². The smallest absolute Gasteiger partial charge is 0.250 e. The molecule has 0 saturated carbocycles. The maximum atomic E-state index is 12.9. The SMILES string of the molecule is CNC(=O)C1=C(C)O[C@]2(COCCN(C(=O)CCN3CCC(C(N)=O)CC3)C2)C1. The van der Waals surface area contributed by atoms with Gasteiger partial charge in [0.25, 0.3) is 0 Å². The molecular formula is C20H32N4O5. The minimum Gasteiger partial charge on any atom is -0.487 e. The first-order chi connectivity index (χ1) is 13.8. The first-order valence-corrected chi connectivity index (χ1v) is 10.3. The number of hydrogen-bond donors (Lipinski definition) is 2. The minimum absolute atomic E-state index is 0.0469. The van der Waals surface area contributed by atoms with Crippen LogP contribution in [0.1, 0.15) is 32.6 Å². The van der Waals surface area contributed by atoms with Crippen LogP contribution < -0.4 is 11.1 Å². The van der Waals surface area contributed by atoms with Gasteiger partial charge in [0.15, 0.2) is 5.60 Å². The fraction of sp³-hybridized carbons (Fsp3) is 0.750. The molecule has 0 aromatic carbocycles. The molecule has 0 unspecified atom stereocenters. The number of carbonyl (C=O) groups excluding carboxylic acids is 3. The third-order valence-electron chi connectivity index (χ3n) is 6.13. The van der Waals surface area contributed by atoms with Gasteiger partial charge in [0.2, 0.25) is 17.7 Å². The molecule has 1 atom stereocenters. The number of likely N-dealkylation sites (tertiary alicyclic amines) is 1. The van der Waals surface area contributed by atoms with Crippen LogP contribution in [0, 0.1) is 5.92 Å². The van der Waals surface area contributed by atoms with Gasteiger partial charge in [0.05, 0.1) is 25.3 Å². The number of piperidine rings is 1. The molecule has 3 N–H and O–H groups in total. The van der Waals surface area contributed by atoms with E-state index in [1.54, 1.807) is 18.9 Å². The summed E-state index contributed by atoms with van der Waals surface area (Å²) in [7, 11) is 1.60. The Morgan fingerprint density at radius 3 is 2.62 bits per heavy atom. The Labute approximate surface area is 171 Å². The van der Waals surface area contributed by atoms with E-state index in [1.165, 1.54) is 0 Å². The molecular weight excluding hydrogens is 376 g/mol. The molecule has 3 aliphatic heterocycles. The topological polar surface area (TPSA) is 114 Å². The van der Waals surface area contributed by atoms with E-state index < -0.39 is 5.60 Å². The van der Waals surface area contributed by atoms with Gasteiger partial charge in [-0.3, -0.25) is 14.4 Å². The number of ether oxygens (including phenoxy) is 2. The highest BCUT2D eigenvalue weighted by Gasteiger charge is 2.45. The summed E-state index contributed by atoms with van der Waals surface area (Å²) in [5.74, 6) is 0.225. The fourth-order valence-corrected chi connectivity index (χ4v) is 4.40. The van der Waals surface area contributed by atoms with Crippen molar-refractivity contribution in [1.29, 1.82) is 0 Å². The van der Waals surface area contributed by atoms with E-state index in [0.29, 0.717) is 57.0 Å². The Hall–Kier alpha value is -2.13. The number of rotatable bonds is 5. The minimum atomic E-state index is -0.697. The molecule has 1 spiro atoms. The van der Waals surface area contributed by atoms with Crippen molar-refractivity contribution in [3.63, 3.8) is 0 Å². The van der Waals surface area contributed by atoms with Crippen LogP contribution in [0.2, 0.25) is 0 Å². The van der Waals surface area contributed by atoms with E-state index in [2.05, 4.69) is 10.2 Å². The number of carbonyl (C=O) groups is 3. The Bertz CT molecular complexity index is 686. The van der Waals surface area contributed by atoms with Crippen molar-refractivity contribution in [3.05, 3.63) is 11.3 Å². The van der Waals surface area contributed by atoms with Crippen molar-refractivity contribution in [3.8, 4) is 0 Å². The number of hydrogen-bond acceptors (Lipinski definition) is 6. The lowest BCUT2D eigenvalue weighted by molar-refractivity contribution is -0.134. The summed E-state index contributed by atoms with van der Waals surface area (Å²) in [4.78, 5) is 40.3. The Kier molecular flexibility index (Phi) is 6.79. The number of amides is 3. The highest BCUT2D eigenvalue weighted by atomic mass is 16.6. The third-order valence-corrected chi connectivity index (χ3v) is 6.13. The maximum Gasteiger partial charge on any atom is 0.250 e. The van der Waals surface area contributed by atoms with Crippen molar-refractivity contribution in [2.45, 2.75) is 38.2 Å². The summed E-state index contributed by atoms with van der Waals surface area (Å²) in [6, 6.07) is 0. The number of allylic oxidation sites excluding steroid dienone is 1. The second kappa shape index (κ2) is 9.13. The number of primary amides is 1. The molecule has 9 nitrogen and oxygen atoms in total. The highest BCUT2D eigenvalue weighted by molar-refractivity contribution is 5.94. The van der Waals surface area contributed by atoms with Gasteiger partial charge >= 0.3 is 0 Å². The monoisotopic (exact) mass is 408 g/mol. The maximum absolute atomic E-state index is 12.9. The van der Waals surface area contributed by atoms with Crippen molar-refractivity contribution >= 4 is 17.7 Å². The molecule has 2 fully saturated rings. The molecule has 162 valence electrons. The number of nitrogens with two attached hydrogens (primary N) is 1. The first-order valence-electron chi connectivity index (χ1n) is 10.3. The molecule has 3 aliphatic rings. The van der Waals surface area contributed by atoms with Crippen molar-refractivity contribution in [2.24, 2.45) is 11.7 Å². The summed E-state index contributed by atoms with van der Waals surface area (Å²) in [5.41, 5.74) is 5.30. The Balaban J connectivity index is 1.53. The lowest BCUT2D eigenvalue weighted by Crippen LogP contribution is -2.47. The van der Waals surface area contributed by atoms with Crippen LogP contribution in [0.5, 0.6) is 0 Å².